The standard InChI is InChI=1S/C7H13F2N.C6H13F2N.C2H6/c1-2-10-5-3-4-7(8,9)6-10;1-6(7,8)4-5-9(2)3;1-2/h2-6H2,1H3;4-5H2,1-3H3;1-2H3. The Balaban J connectivity index is 0. The third kappa shape index (κ3) is 15.8. The van der Waals surface area contributed by atoms with Gasteiger partial charge in [-0.3, -0.25) is 4.90 Å². The molecule has 1 saturated heterocycles. The first-order valence-corrected chi connectivity index (χ1v) is 7.68. The van der Waals surface area contributed by atoms with E-state index in [9.17, 15) is 17.6 Å². The Morgan fingerprint density at radius 3 is 1.95 bits per heavy atom. The molecule has 0 N–H and O–H groups in total. The Bertz CT molecular complexity index is 240. The summed E-state index contributed by atoms with van der Waals surface area (Å²) in [7, 11) is 3.57. The molecule has 1 aliphatic heterocycles. The van der Waals surface area contributed by atoms with Gasteiger partial charge in [0.2, 0.25) is 5.92 Å². The summed E-state index contributed by atoms with van der Waals surface area (Å²) in [4.78, 5) is 3.54. The van der Waals surface area contributed by atoms with Crippen LogP contribution in [0.15, 0.2) is 0 Å². The second-order valence-corrected chi connectivity index (χ2v) is 5.45. The zero-order chi connectivity index (χ0) is 17.1. The molecule has 1 aliphatic rings. The number of likely N-dealkylation sites (tertiary alicyclic amines) is 1. The second kappa shape index (κ2) is 11.2. The van der Waals surface area contributed by atoms with Crippen molar-refractivity contribution in [1.29, 1.82) is 0 Å². The van der Waals surface area contributed by atoms with Crippen molar-refractivity contribution >= 4 is 0 Å². The van der Waals surface area contributed by atoms with Gasteiger partial charge in [-0.05, 0) is 40.5 Å². The first-order valence-electron chi connectivity index (χ1n) is 7.68. The monoisotopic (exact) mass is 316 g/mol. The summed E-state index contributed by atoms with van der Waals surface area (Å²) in [5.41, 5.74) is 0. The molecule has 0 aromatic carbocycles. The summed E-state index contributed by atoms with van der Waals surface area (Å²) in [5.74, 6) is -4.93. The molecule has 1 rings (SSSR count). The van der Waals surface area contributed by atoms with Gasteiger partial charge in [0, 0.05) is 19.4 Å². The largest absolute Gasteiger partial charge is 0.309 e. The smallest absolute Gasteiger partial charge is 0.260 e. The predicted octanol–water partition coefficient (Wildman–Crippen LogP) is 4.36. The van der Waals surface area contributed by atoms with Crippen LogP contribution in [0.25, 0.3) is 0 Å². The lowest BCUT2D eigenvalue weighted by molar-refractivity contribution is -0.0625. The third-order valence-electron chi connectivity index (χ3n) is 2.92. The Kier molecular flexibility index (Phi) is 12.3. The Labute approximate surface area is 127 Å². The zero-order valence-electron chi connectivity index (χ0n) is 14.4. The van der Waals surface area contributed by atoms with E-state index in [1.54, 1.807) is 23.9 Å². The summed E-state index contributed by atoms with van der Waals surface area (Å²) >= 11 is 0. The van der Waals surface area contributed by atoms with E-state index in [-0.39, 0.29) is 19.4 Å². The lowest BCUT2D eigenvalue weighted by atomic mass is 10.1. The van der Waals surface area contributed by atoms with Gasteiger partial charge in [-0.25, -0.2) is 17.6 Å². The summed E-state index contributed by atoms with van der Waals surface area (Å²) in [6.45, 7) is 8.85. The van der Waals surface area contributed by atoms with E-state index in [2.05, 4.69) is 0 Å². The minimum atomic E-state index is -2.51. The number of halogens is 4. The van der Waals surface area contributed by atoms with Crippen molar-refractivity contribution in [3.05, 3.63) is 0 Å². The number of nitrogens with zero attached hydrogens (tertiary/aromatic N) is 2. The van der Waals surface area contributed by atoms with Crippen LogP contribution in [0.5, 0.6) is 0 Å². The highest BCUT2D eigenvalue weighted by atomic mass is 19.3. The van der Waals surface area contributed by atoms with E-state index < -0.39 is 11.8 Å². The van der Waals surface area contributed by atoms with Crippen molar-refractivity contribution in [2.45, 2.75) is 58.8 Å². The maximum Gasteiger partial charge on any atom is 0.260 e. The molecule has 0 aromatic heterocycles. The fourth-order valence-electron chi connectivity index (χ4n) is 1.74. The van der Waals surface area contributed by atoms with E-state index in [0.29, 0.717) is 13.0 Å². The van der Waals surface area contributed by atoms with Crippen LogP contribution in [0.1, 0.15) is 47.0 Å². The molecule has 0 bridgehead atoms. The van der Waals surface area contributed by atoms with Crippen LogP contribution in [0.4, 0.5) is 17.6 Å². The van der Waals surface area contributed by atoms with E-state index >= 15 is 0 Å². The van der Waals surface area contributed by atoms with Gasteiger partial charge < -0.3 is 4.90 Å². The summed E-state index contributed by atoms with van der Waals surface area (Å²) in [6.07, 6.45) is 0.657. The quantitative estimate of drug-likeness (QED) is 0.711. The molecular formula is C15H32F4N2. The highest BCUT2D eigenvalue weighted by Crippen LogP contribution is 2.25. The molecule has 2 nitrogen and oxygen atoms in total. The van der Waals surface area contributed by atoms with Gasteiger partial charge in [-0.2, -0.15) is 0 Å². The Morgan fingerprint density at radius 1 is 1.19 bits per heavy atom. The minimum Gasteiger partial charge on any atom is -0.309 e. The Morgan fingerprint density at radius 2 is 1.71 bits per heavy atom. The van der Waals surface area contributed by atoms with Crippen molar-refractivity contribution in [3.8, 4) is 0 Å². The third-order valence-corrected chi connectivity index (χ3v) is 2.92. The molecule has 6 heteroatoms. The van der Waals surface area contributed by atoms with E-state index in [1.165, 1.54) is 0 Å². The zero-order valence-corrected chi connectivity index (χ0v) is 14.4. The second-order valence-electron chi connectivity index (χ2n) is 5.45. The minimum absolute atomic E-state index is 0.0382. The molecule has 1 fully saturated rings. The Hall–Kier alpha value is -0.360. The molecule has 130 valence electrons. The SMILES string of the molecule is CC.CCN1CCCC(F)(F)C1.CN(C)CCC(C)(F)F. The molecule has 0 radical (unpaired) electrons. The molecule has 1 heterocycles. The first-order chi connectivity index (χ1) is 9.56. The molecule has 0 saturated carbocycles. The van der Waals surface area contributed by atoms with Crippen LogP contribution in [-0.2, 0) is 0 Å². The highest BCUT2D eigenvalue weighted by Gasteiger charge is 2.34. The predicted molar refractivity (Wildman–Crippen MR) is 81.4 cm³/mol. The highest BCUT2D eigenvalue weighted by molar-refractivity contribution is 4.77. The van der Waals surface area contributed by atoms with Crippen molar-refractivity contribution < 1.29 is 17.6 Å². The molecule has 0 unspecified atom stereocenters. The topological polar surface area (TPSA) is 6.48 Å². The fourth-order valence-corrected chi connectivity index (χ4v) is 1.74. The summed E-state index contributed by atoms with van der Waals surface area (Å²) in [5, 5.41) is 0. The van der Waals surface area contributed by atoms with Crippen LogP contribution in [0.2, 0.25) is 0 Å². The lowest BCUT2D eigenvalue weighted by Gasteiger charge is -2.31. The normalized spacial score (nSPS) is 18.4. The van der Waals surface area contributed by atoms with Gasteiger partial charge >= 0.3 is 0 Å². The van der Waals surface area contributed by atoms with Crippen LogP contribution in [0, 0.1) is 0 Å². The maximum absolute atomic E-state index is 12.6. The number of hydrogen-bond donors (Lipinski definition) is 0. The molecule has 0 aromatic rings. The molecule has 0 aliphatic carbocycles. The van der Waals surface area contributed by atoms with Crippen LogP contribution >= 0.6 is 0 Å². The number of alkyl halides is 4. The van der Waals surface area contributed by atoms with Gasteiger partial charge in [-0.15, -0.1) is 0 Å². The van der Waals surface area contributed by atoms with Gasteiger partial charge in [0.25, 0.3) is 5.92 Å². The summed E-state index contributed by atoms with van der Waals surface area (Å²) in [6, 6.07) is 0. The average Bonchev–Trinajstić information content (AvgIpc) is 2.37. The average molecular weight is 316 g/mol. The molecule has 21 heavy (non-hydrogen) atoms. The number of hydrogen-bond acceptors (Lipinski definition) is 2. The number of rotatable bonds is 4. The van der Waals surface area contributed by atoms with E-state index in [4.69, 9.17) is 0 Å². The fraction of sp³-hybridized carbons (Fsp3) is 1.00. The molecule has 0 atom stereocenters. The van der Waals surface area contributed by atoms with E-state index in [0.717, 1.165) is 20.0 Å². The van der Waals surface area contributed by atoms with Crippen LogP contribution in [-0.4, -0.2) is 61.9 Å². The molecular weight excluding hydrogens is 284 g/mol. The van der Waals surface area contributed by atoms with Gasteiger partial charge in [-0.1, -0.05) is 20.8 Å². The van der Waals surface area contributed by atoms with Crippen molar-refractivity contribution in [3.63, 3.8) is 0 Å². The molecule has 0 amide bonds. The van der Waals surface area contributed by atoms with Crippen molar-refractivity contribution in [2.75, 3.05) is 40.3 Å². The number of piperidine rings is 1. The van der Waals surface area contributed by atoms with Crippen molar-refractivity contribution in [1.82, 2.24) is 9.80 Å². The first kappa shape index (κ1) is 22.9. The van der Waals surface area contributed by atoms with Crippen LogP contribution < -0.4 is 0 Å². The van der Waals surface area contributed by atoms with Crippen LogP contribution in [0.3, 0.4) is 0 Å². The van der Waals surface area contributed by atoms with Gasteiger partial charge in [0.1, 0.15) is 0 Å². The van der Waals surface area contributed by atoms with Gasteiger partial charge in [0.15, 0.2) is 0 Å². The van der Waals surface area contributed by atoms with Gasteiger partial charge in [0.05, 0.1) is 6.54 Å². The maximum atomic E-state index is 12.6. The van der Waals surface area contributed by atoms with E-state index in [1.807, 2.05) is 20.8 Å². The molecule has 0 spiro atoms. The lowest BCUT2D eigenvalue weighted by Crippen LogP contribution is -2.42. The summed E-state index contributed by atoms with van der Waals surface area (Å²) < 4.78 is 49.3. The van der Waals surface area contributed by atoms with Crippen molar-refractivity contribution in [2.24, 2.45) is 0 Å².